The molecule has 0 aromatic carbocycles. The fraction of sp³-hybridized carbons (Fsp3) is 0.182. The molecule has 0 saturated heterocycles. The van der Waals surface area contributed by atoms with Gasteiger partial charge in [-0.15, -0.1) is 0 Å². The fourth-order valence-electron chi connectivity index (χ4n) is 0.579. The molecule has 0 atom stereocenters. The molecule has 0 fully saturated rings. The number of aldehydes is 1. The number of rotatable bonds is 5. The van der Waals surface area contributed by atoms with Crippen molar-refractivity contribution in [1.29, 1.82) is 0 Å². The molecule has 0 heterocycles. The summed E-state index contributed by atoms with van der Waals surface area (Å²) in [6.07, 6.45) is 12.6. The third kappa shape index (κ3) is 6.75. The van der Waals surface area contributed by atoms with Crippen LogP contribution in [-0.2, 0) is 4.79 Å². The Bertz CT molecular complexity index is 219. The van der Waals surface area contributed by atoms with Crippen LogP contribution in [0.4, 0.5) is 0 Å². The summed E-state index contributed by atoms with van der Waals surface area (Å²) in [4.78, 5) is 9.86. The van der Waals surface area contributed by atoms with Crippen LogP contribution in [0.1, 0.15) is 13.3 Å². The van der Waals surface area contributed by atoms with Crippen LogP contribution >= 0.6 is 0 Å². The third-order valence-corrected chi connectivity index (χ3v) is 1.30. The normalized spacial score (nSPS) is 12.6. The van der Waals surface area contributed by atoms with Crippen molar-refractivity contribution in [2.24, 2.45) is 0 Å². The van der Waals surface area contributed by atoms with E-state index in [1.165, 1.54) is 6.08 Å². The van der Waals surface area contributed by atoms with E-state index in [0.717, 1.165) is 18.3 Å². The first kappa shape index (κ1) is 10.6. The van der Waals surface area contributed by atoms with E-state index in [-0.39, 0.29) is 0 Å². The van der Waals surface area contributed by atoms with Gasteiger partial charge in [-0.3, -0.25) is 4.79 Å². The average molecular weight is 162 g/mol. The van der Waals surface area contributed by atoms with Gasteiger partial charge in [-0.2, -0.15) is 0 Å². The quantitative estimate of drug-likeness (QED) is 0.345. The zero-order valence-electron chi connectivity index (χ0n) is 7.36. The molecule has 0 aliphatic rings. The van der Waals surface area contributed by atoms with Gasteiger partial charge >= 0.3 is 0 Å². The zero-order valence-corrected chi connectivity index (χ0v) is 7.36. The highest BCUT2D eigenvalue weighted by atomic mass is 16.1. The lowest BCUT2D eigenvalue weighted by molar-refractivity contribution is -0.104. The van der Waals surface area contributed by atoms with Crippen LogP contribution in [-0.4, -0.2) is 6.29 Å². The zero-order chi connectivity index (χ0) is 9.23. The molecule has 0 aromatic rings. The monoisotopic (exact) mass is 162 g/mol. The highest BCUT2D eigenvalue weighted by molar-refractivity contribution is 5.64. The molecule has 0 bridgehead atoms. The van der Waals surface area contributed by atoms with Crippen LogP contribution < -0.4 is 0 Å². The molecule has 0 aliphatic carbocycles. The highest BCUT2D eigenvalue weighted by Gasteiger charge is 1.73. The van der Waals surface area contributed by atoms with Crippen LogP contribution in [0.25, 0.3) is 0 Å². The van der Waals surface area contributed by atoms with Gasteiger partial charge in [0.25, 0.3) is 0 Å². The van der Waals surface area contributed by atoms with Gasteiger partial charge in [-0.05, 0) is 19.4 Å². The first-order chi connectivity index (χ1) is 5.81. The van der Waals surface area contributed by atoms with Crippen LogP contribution in [0.15, 0.2) is 48.6 Å². The van der Waals surface area contributed by atoms with Crippen molar-refractivity contribution < 1.29 is 4.79 Å². The van der Waals surface area contributed by atoms with Crippen LogP contribution in [0, 0.1) is 0 Å². The molecule has 0 rings (SSSR count). The molecule has 1 heteroatoms. The van der Waals surface area contributed by atoms with E-state index in [2.05, 4.69) is 6.58 Å². The Labute approximate surface area is 73.8 Å². The summed E-state index contributed by atoms with van der Waals surface area (Å²) in [5, 5.41) is 0. The smallest absolute Gasteiger partial charge is 0.142 e. The summed E-state index contributed by atoms with van der Waals surface area (Å²) in [5.41, 5.74) is 1.13. The number of carbonyl (C=O) groups excluding carboxylic acids is 1. The number of allylic oxidation sites excluding steroid dienone is 7. The summed E-state index contributed by atoms with van der Waals surface area (Å²) in [6.45, 7) is 5.61. The van der Waals surface area contributed by atoms with Gasteiger partial charge in [0.15, 0.2) is 0 Å². The molecule has 0 aromatic heterocycles. The second-order valence-corrected chi connectivity index (χ2v) is 2.34. The Kier molecular flexibility index (Phi) is 6.85. The number of hydrogen-bond acceptors (Lipinski definition) is 1. The summed E-state index contributed by atoms with van der Waals surface area (Å²) in [6, 6.07) is 0. The molecule has 1 nitrogen and oxygen atoms in total. The number of carbonyl (C=O) groups is 1. The van der Waals surface area contributed by atoms with Crippen LogP contribution in [0.5, 0.6) is 0 Å². The van der Waals surface area contributed by atoms with Crippen molar-refractivity contribution in [2.75, 3.05) is 0 Å². The molecular weight excluding hydrogens is 148 g/mol. The predicted molar refractivity (Wildman–Crippen MR) is 52.9 cm³/mol. The third-order valence-electron chi connectivity index (χ3n) is 1.30. The van der Waals surface area contributed by atoms with Crippen molar-refractivity contribution in [2.45, 2.75) is 13.3 Å². The Balaban J connectivity index is 3.70. The Morgan fingerprint density at radius 1 is 1.33 bits per heavy atom. The van der Waals surface area contributed by atoms with E-state index in [1.807, 2.05) is 25.2 Å². The van der Waals surface area contributed by atoms with Crippen molar-refractivity contribution in [1.82, 2.24) is 0 Å². The molecule has 0 radical (unpaired) electrons. The lowest BCUT2D eigenvalue weighted by Crippen LogP contribution is -1.64. The molecule has 0 spiro atoms. The SMILES string of the molecule is C=C/C(C)=C\C=C/C/C=C/C=O. The standard InChI is InChI=1S/C11H14O/c1-3-11(2)9-7-5-4-6-8-10-12/h3,5-10H,1,4H2,2H3/b7-5-,8-6+,11-9-. The first-order valence-electron chi connectivity index (χ1n) is 3.87. The van der Waals surface area contributed by atoms with Crippen molar-refractivity contribution in [3.8, 4) is 0 Å². The maximum absolute atomic E-state index is 9.86. The topological polar surface area (TPSA) is 17.1 Å². The molecule has 0 unspecified atom stereocenters. The van der Waals surface area contributed by atoms with E-state index in [0.29, 0.717) is 0 Å². The second kappa shape index (κ2) is 7.73. The lowest BCUT2D eigenvalue weighted by atomic mass is 10.2. The van der Waals surface area contributed by atoms with E-state index in [9.17, 15) is 4.79 Å². The predicted octanol–water partition coefficient (Wildman–Crippen LogP) is 2.82. The summed E-state index contributed by atoms with van der Waals surface area (Å²) in [5.74, 6) is 0. The summed E-state index contributed by atoms with van der Waals surface area (Å²) < 4.78 is 0. The summed E-state index contributed by atoms with van der Waals surface area (Å²) in [7, 11) is 0. The molecule has 0 N–H and O–H groups in total. The van der Waals surface area contributed by atoms with Crippen LogP contribution in [0.3, 0.4) is 0 Å². The minimum absolute atomic E-state index is 0.776. The van der Waals surface area contributed by atoms with E-state index >= 15 is 0 Å². The van der Waals surface area contributed by atoms with Gasteiger partial charge in [-0.25, -0.2) is 0 Å². The Hall–Kier alpha value is -1.37. The Morgan fingerprint density at radius 3 is 2.58 bits per heavy atom. The first-order valence-corrected chi connectivity index (χ1v) is 3.87. The minimum atomic E-state index is 0.776. The van der Waals surface area contributed by atoms with Gasteiger partial charge in [-0.1, -0.05) is 42.5 Å². The van der Waals surface area contributed by atoms with Gasteiger partial charge in [0.05, 0.1) is 0 Å². The number of hydrogen-bond donors (Lipinski definition) is 0. The second-order valence-electron chi connectivity index (χ2n) is 2.34. The van der Waals surface area contributed by atoms with Crippen molar-refractivity contribution in [3.63, 3.8) is 0 Å². The maximum atomic E-state index is 9.86. The molecule has 64 valence electrons. The lowest BCUT2D eigenvalue weighted by Gasteiger charge is -1.83. The molecule has 12 heavy (non-hydrogen) atoms. The average Bonchev–Trinajstić information content (AvgIpc) is 2.10. The summed E-state index contributed by atoms with van der Waals surface area (Å²) >= 11 is 0. The Morgan fingerprint density at radius 2 is 2.00 bits per heavy atom. The fourth-order valence-corrected chi connectivity index (χ4v) is 0.579. The molecule has 0 saturated carbocycles. The van der Waals surface area contributed by atoms with Crippen molar-refractivity contribution >= 4 is 6.29 Å². The van der Waals surface area contributed by atoms with Gasteiger partial charge in [0.2, 0.25) is 0 Å². The molecule has 0 aliphatic heterocycles. The molecular formula is C11H14O. The maximum Gasteiger partial charge on any atom is 0.142 e. The minimum Gasteiger partial charge on any atom is -0.299 e. The van der Waals surface area contributed by atoms with Crippen LogP contribution in [0.2, 0.25) is 0 Å². The largest absolute Gasteiger partial charge is 0.299 e. The van der Waals surface area contributed by atoms with Gasteiger partial charge in [0.1, 0.15) is 6.29 Å². The van der Waals surface area contributed by atoms with Crippen molar-refractivity contribution in [3.05, 3.63) is 48.6 Å². The highest BCUT2D eigenvalue weighted by Crippen LogP contribution is 1.94. The van der Waals surface area contributed by atoms with Gasteiger partial charge < -0.3 is 0 Å². The van der Waals surface area contributed by atoms with E-state index < -0.39 is 0 Å². The molecule has 0 amide bonds. The van der Waals surface area contributed by atoms with E-state index in [4.69, 9.17) is 0 Å². The van der Waals surface area contributed by atoms with Gasteiger partial charge in [0, 0.05) is 0 Å². The van der Waals surface area contributed by atoms with E-state index in [1.54, 1.807) is 12.2 Å².